The summed E-state index contributed by atoms with van der Waals surface area (Å²) in [4.78, 5) is 31.8. The molecule has 1 aliphatic carbocycles. The summed E-state index contributed by atoms with van der Waals surface area (Å²) in [6.45, 7) is 12.3. The van der Waals surface area contributed by atoms with E-state index < -0.39 is 5.60 Å². The highest BCUT2D eigenvalue weighted by atomic mass is 16.6. The topological polar surface area (TPSA) is 98.1 Å². The highest BCUT2D eigenvalue weighted by Gasteiger charge is 2.44. The number of amides is 1. The molecule has 244 valence electrons. The normalized spacial score (nSPS) is 19.2. The largest absolute Gasteiger partial charge is 0.463 e. The molecular weight excluding hydrogens is 578 g/mol. The van der Waals surface area contributed by atoms with Crippen molar-refractivity contribution in [3.63, 3.8) is 0 Å². The SMILES string of the molecule is Cc1cccc2cccc(N3CCc4c(nc(OCC5(CN(C)C)CC5)nc4N4CCN(C(=O)OC(C)(C)C)[C@@H](CC#N)C4)C3)c12. The van der Waals surface area contributed by atoms with Gasteiger partial charge in [-0.1, -0.05) is 30.3 Å². The van der Waals surface area contributed by atoms with Crippen molar-refractivity contribution in [2.24, 2.45) is 5.41 Å². The van der Waals surface area contributed by atoms with E-state index in [1.165, 1.54) is 22.0 Å². The van der Waals surface area contributed by atoms with Crippen LogP contribution in [0.25, 0.3) is 10.8 Å². The maximum atomic E-state index is 13.1. The monoisotopic (exact) mass is 625 g/mol. The number of ether oxygens (including phenoxy) is 2. The van der Waals surface area contributed by atoms with Crippen molar-refractivity contribution in [1.29, 1.82) is 5.26 Å². The van der Waals surface area contributed by atoms with Gasteiger partial charge >= 0.3 is 12.1 Å². The summed E-state index contributed by atoms with van der Waals surface area (Å²) in [5, 5.41) is 12.2. The molecule has 46 heavy (non-hydrogen) atoms. The lowest BCUT2D eigenvalue weighted by atomic mass is 9.99. The Labute approximate surface area is 272 Å². The third-order valence-electron chi connectivity index (χ3n) is 9.31. The van der Waals surface area contributed by atoms with Crippen LogP contribution in [-0.4, -0.2) is 90.9 Å². The predicted octanol–water partition coefficient (Wildman–Crippen LogP) is 5.56. The number of rotatable bonds is 8. The first-order valence-electron chi connectivity index (χ1n) is 16.5. The van der Waals surface area contributed by atoms with Gasteiger partial charge in [-0.05, 0) is 78.1 Å². The average Bonchev–Trinajstić information content (AvgIpc) is 3.77. The zero-order valence-corrected chi connectivity index (χ0v) is 28.2. The summed E-state index contributed by atoms with van der Waals surface area (Å²) >= 11 is 0. The number of anilines is 2. The number of carbonyl (C=O) groups is 1. The van der Waals surface area contributed by atoms with Gasteiger partial charge in [-0.25, -0.2) is 4.79 Å². The van der Waals surface area contributed by atoms with Crippen LogP contribution in [-0.2, 0) is 17.7 Å². The van der Waals surface area contributed by atoms with Gasteiger partial charge in [-0.15, -0.1) is 0 Å². The van der Waals surface area contributed by atoms with Gasteiger partial charge in [0.2, 0.25) is 0 Å². The molecule has 1 saturated carbocycles. The molecule has 0 spiro atoms. The Balaban J connectivity index is 1.32. The van der Waals surface area contributed by atoms with Gasteiger partial charge in [0, 0.05) is 54.8 Å². The molecule has 0 N–H and O–H groups in total. The zero-order valence-electron chi connectivity index (χ0n) is 28.2. The Bertz CT molecular complexity index is 1630. The average molecular weight is 626 g/mol. The fourth-order valence-electron chi connectivity index (χ4n) is 6.99. The smallest absolute Gasteiger partial charge is 0.410 e. The van der Waals surface area contributed by atoms with Crippen LogP contribution in [0.4, 0.5) is 16.3 Å². The van der Waals surface area contributed by atoms with Crippen LogP contribution in [0.1, 0.15) is 56.9 Å². The first-order valence-corrected chi connectivity index (χ1v) is 16.5. The van der Waals surface area contributed by atoms with Gasteiger partial charge < -0.3 is 29.1 Å². The Morgan fingerprint density at radius 1 is 1.09 bits per heavy atom. The number of aryl methyl sites for hydroxylation is 1. The van der Waals surface area contributed by atoms with Crippen LogP contribution in [0.3, 0.4) is 0 Å². The summed E-state index contributed by atoms with van der Waals surface area (Å²) in [7, 11) is 4.21. The zero-order chi connectivity index (χ0) is 32.6. The Morgan fingerprint density at radius 2 is 1.85 bits per heavy atom. The fraction of sp³-hybridized carbons (Fsp3) is 0.556. The first kappa shape index (κ1) is 31.9. The van der Waals surface area contributed by atoms with Crippen molar-refractivity contribution < 1.29 is 14.3 Å². The summed E-state index contributed by atoms with van der Waals surface area (Å²) in [6, 6.07) is 15.4. The number of aromatic nitrogens is 2. The molecule has 2 fully saturated rings. The highest BCUT2D eigenvalue weighted by molar-refractivity contribution is 5.97. The van der Waals surface area contributed by atoms with E-state index in [2.05, 4.69) is 78.2 Å². The van der Waals surface area contributed by atoms with Gasteiger partial charge in [0.05, 0.1) is 37.4 Å². The molecule has 1 saturated heterocycles. The van der Waals surface area contributed by atoms with E-state index in [9.17, 15) is 10.1 Å². The van der Waals surface area contributed by atoms with Gasteiger partial charge in [0.25, 0.3) is 0 Å². The molecule has 6 rings (SSSR count). The minimum Gasteiger partial charge on any atom is -0.463 e. The maximum Gasteiger partial charge on any atom is 0.410 e. The van der Waals surface area contributed by atoms with Crippen molar-refractivity contribution in [3.05, 3.63) is 53.2 Å². The second kappa shape index (κ2) is 12.6. The standard InChI is InChI=1S/C36H47N7O3/c1-25-9-7-10-26-11-8-12-30(31(25)26)41-18-14-28-29(22-41)38-33(45-24-36(15-16-36)23-40(5)6)39-32(28)42-19-20-43(27(21-42)13-17-37)34(44)46-35(2,3)4/h7-12,27H,13-16,18-24H2,1-6H3/t27-/m0/s1. The predicted molar refractivity (Wildman–Crippen MR) is 180 cm³/mol. The first-order chi connectivity index (χ1) is 21.9. The van der Waals surface area contributed by atoms with Gasteiger partial charge in [0.1, 0.15) is 11.4 Å². The van der Waals surface area contributed by atoms with E-state index in [1.807, 2.05) is 20.8 Å². The number of carbonyl (C=O) groups excluding carboxylic acids is 1. The van der Waals surface area contributed by atoms with E-state index in [-0.39, 0.29) is 24.0 Å². The van der Waals surface area contributed by atoms with Gasteiger partial charge in [0.15, 0.2) is 0 Å². The molecule has 2 aromatic carbocycles. The number of fused-ring (bicyclic) bond motifs is 2. The van der Waals surface area contributed by atoms with E-state index in [0.29, 0.717) is 38.8 Å². The van der Waals surface area contributed by atoms with Crippen LogP contribution in [0.15, 0.2) is 36.4 Å². The molecule has 2 aliphatic heterocycles. The van der Waals surface area contributed by atoms with Gasteiger partial charge in [-0.2, -0.15) is 15.2 Å². The lowest BCUT2D eigenvalue weighted by Crippen LogP contribution is -2.56. The number of hydrogen-bond donors (Lipinski definition) is 0. The molecule has 0 unspecified atom stereocenters. The molecule has 10 heteroatoms. The number of nitrogens with zero attached hydrogens (tertiary/aromatic N) is 7. The van der Waals surface area contributed by atoms with Gasteiger partial charge in [-0.3, -0.25) is 0 Å². The van der Waals surface area contributed by atoms with Crippen molar-refractivity contribution in [2.75, 3.05) is 63.2 Å². The fourth-order valence-corrected chi connectivity index (χ4v) is 6.99. The highest BCUT2D eigenvalue weighted by Crippen LogP contribution is 2.46. The molecule has 3 aliphatic rings. The third kappa shape index (κ3) is 6.85. The summed E-state index contributed by atoms with van der Waals surface area (Å²) in [5.41, 5.74) is 4.10. The molecule has 0 radical (unpaired) electrons. The Morgan fingerprint density at radius 3 is 2.54 bits per heavy atom. The maximum absolute atomic E-state index is 13.1. The molecule has 1 amide bonds. The number of hydrogen-bond acceptors (Lipinski definition) is 9. The number of benzene rings is 2. The van der Waals surface area contributed by atoms with E-state index >= 15 is 0 Å². The van der Waals surface area contributed by atoms with Crippen LogP contribution in [0, 0.1) is 23.7 Å². The quantitative estimate of drug-likeness (QED) is 0.319. The molecule has 3 heterocycles. The number of piperazine rings is 1. The van der Waals surface area contributed by atoms with Crippen LogP contribution in [0.2, 0.25) is 0 Å². The van der Waals surface area contributed by atoms with Crippen LogP contribution >= 0.6 is 0 Å². The molecule has 3 aromatic rings. The van der Waals surface area contributed by atoms with E-state index in [1.54, 1.807) is 4.90 Å². The van der Waals surface area contributed by atoms with E-state index in [4.69, 9.17) is 19.4 Å². The van der Waals surface area contributed by atoms with Crippen molar-refractivity contribution in [2.45, 2.75) is 71.6 Å². The minimum absolute atomic E-state index is 0.145. The third-order valence-corrected chi connectivity index (χ3v) is 9.31. The van der Waals surface area contributed by atoms with Crippen LogP contribution in [0.5, 0.6) is 6.01 Å². The van der Waals surface area contributed by atoms with Crippen LogP contribution < -0.4 is 14.5 Å². The molecule has 0 bridgehead atoms. The Hall–Kier alpha value is -4.10. The summed E-state index contributed by atoms with van der Waals surface area (Å²) < 4.78 is 12.1. The van der Waals surface area contributed by atoms with Crippen molar-refractivity contribution in [3.8, 4) is 12.1 Å². The van der Waals surface area contributed by atoms with Crippen molar-refractivity contribution >= 4 is 28.4 Å². The lowest BCUT2D eigenvalue weighted by Gasteiger charge is -2.42. The Kier molecular flexibility index (Phi) is 8.73. The van der Waals surface area contributed by atoms with Crippen molar-refractivity contribution in [1.82, 2.24) is 19.8 Å². The summed E-state index contributed by atoms with van der Waals surface area (Å²) in [5.74, 6) is 0.859. The van der Waals surface area contributed by atoms with E-state index in [0.717, 1.165) is 49.4 Å². The second-order valence-electron chi connectivity index (χ2n) is 14.5. The molecular formula is C36H47N7O3. The number of nitriles is 1. The second-order valence-corrected chi connectivity index (χ2v) is 14.5. The molecule has 1 atom stereocenters. The summed E-state index contributed by atoms with van der Waals surface area (Å²) in [6.07, 6.45) is 2.90. The lowest BCUT2D eigenvalue weighted by molar-refractivity contribution is 0.0144. The molecule has 1 aromatic heterocycles. The minimum atomic E-state index is -0.608. The molecule has 10 nitrogen and oxygen atoms in total.